The molecule has 1 heterocycles. The summed E-state index contributed by atoms with van der Waals surface area (Å²) in [5.74, 6) is -0.0796. The molecule has 1 aromatic rings. The van der Waals surface area contributed by atoms with E-state index >= 15 is 0 Å². The maximum atomic E-state index is 13.5. The number of hydrogen-bond donors (Lipinski definition) is 1. The Bertz CT molecular complexity index is 378. The standard InChI is InChI=1S/C13H18FNO2/c1-16-12-5-4-9(7-10(12)14)8-11(15)13-3-2-6-17-13/h4-5,7,11,13H,2-3,6,8,15H2,1H3. The second kappa shape index (κ2) is 5.47. The van der Waals surface area contributed by atoms with Gasteiger partial charge >= 0.3 is 0 Å². The van der Waals surface area contributed by atoms with Crippen molar-refractivity contribution in [1.82, 2.24) is 0 Å². The van der Waals surface area contributed by atoms with Gasteiger partial charge in [0.1, 0.15) is 0 Å². The summed E-state index contributed by atoms with van der Waals surface area (Å²) in [4.78, 5) is 0. The average Bonchev–Trinajstić information content (AvgIpc) is 2.82. The highest BCUT2D eigenvalue weighted by Crippen LogP contribution is 2.21. The van der Waals surface area contributed by atoms with Gasteiger partial charge in [-0.05, 0) is 37.0 Å². The van der Waals surface area contributed by atoms with Gasteiger partial charge in [0.2, 0.25) is 0 Å². The third-order valence-electron chi connectivity index (χ3n) is 3.13. The van der Waals surface area contributed by atoms with Crippen molar-refractivity contribution in [3.05, 3.63) is 29.6 Å². The van der Waals surface area contributed by atoms with Gasteiger partial charge in [-0.15, -0.1) is 0 Å². The minimum atomic E-state index is -0.343. The van der Waals surface area contributed by atoms with E-state index in [2.05, 4.69) is 0 Å². The Morgan fingerprint density at radius 3 is 3.00 bits per heavy atom. The first kappa shape index (κ1) is 12.3. The van der Waals surface area contributed by atoms with Crippen molar-refractivity contribution in [2.75, 3.05) is 13.7 Å². The van der Waals surface area contributed by atoms with Crippen LogP contribution in [0.2, 0.25) is 0 Å². The Morgan fingerprint density at radius 2 is 2.41 bits per heavy atom. The van der Waals surface area contributed by atoms with Crippen molar-refractivity contribution in [2.24, 2.45) is 5.73 Å². The molecule has 0 aliphatic carbocycles. The van der Waals surface area contributed by atoms with E-state index in [1.807, 2.05) is 6.07 Å². The topological polar surface area (TPSA) is 44.5 Å². The predicted octanol–water partition coefficient (Wildman–Crippen LogP) is 1.88. The molecule has 4 heteroatoms. The summed E-state index contributed by atoms with van der Waals surface area (Å²) in [6.07, 6.45) is 2.81. The average molecular weight is 239 g/mol. The summed E-state index contributed by atoms with van der Waals surface area (Å²) in [6.45, 7) is 0.787. The molecule has 0 spiro atoms. The Morgan fingerprint density at radius 1 is 1.59 bits per heavy atom. The van der Waals surface area contributed by atoms with Gasteiger partial charge < -0.3 is 15.2 Å². The van der Waals surface area contributed by atoms with Gasteiger partial charge in [-0.3, -0.25) is 0 Å². The Kier molecular flexibility index (Phi) is 3.97. The molecule has 1 saturated heterocycles. The number of rotatable bonds is 4. The van der Waals surface area contributed by atoms with Gasteiger partial charge in [0.15, 0.2) is 11.6 Å². The SMILES string of the molecule is COc1ccc(CC(N)C2CCCO2)cc1F. The van der Waals surface area contributed by atoms with Crippen LogP contribution in [-0.2, 0) is 11.2 Å². The molecule has 2 atom stereocenters. The molecule has 0 amide bonds. The first-order chi connectivity index (χ1) is 8.20. The lowest BCUT2D eigenvalue weighted by molar-refractivity contribution is 0.0900. The van der Waals surface area contributed by atoms with Crippen LogP contribution < -0.4 is 10.5 Å². The normalized spacial score (nSPS) is 21.5. The zero-order chi connectivity index (χ0) is 12.3. The van der Waals surface area contributed by atoms with Gasteiger partial charge in [-0.1, -0.05) is 6.07 Å². The van der Waals surface area contributed by atoms with E-state index in [9.17, 15) is 4.39 Å². The Hall–Kier alpha value is -1.13. The molecule has 2 rings (SSSR count). The Labute approximate surface area is 101 Å². The smallest absolute Gasteiger partial charge is 0.165 e. The van der Waals surface area contributed by atoms with Crippen LogP contribution in [0, 0.1) is 5.82 Å². The molecule has 1 aromatic carbocycles. The molecule has 2 N–H and O–H groups in total. The predicted molar refractivity (Wildman–Crippen MR) is 63.6 cm³/mol. The zero-order valence-electron chi connectivity index (χ0n) is 9.99. The number of ether oxygens (including phenoxy) is 2. The summed E-state index contributed by atoms with van der Waals surface area (Å²) in [7, 11) is 1.45. The summed E-state index contributed by atoms with van der Waals surface area (Å²) in [6, 6.07) is 4.89. The van der Waals surface area contributed by atoms with Crippen molar-refractivity contribution >= 4 is 0 Å². The van der Waals surface area contributed by atoms with Crippen molar-refractivity contribution in [2.45, 2.75) is 31.4 Å². The Balaban J connectivity index is 2.00. The highest BCUT2D eigenvalue weighted by Gasteiger charge is 2.23. The molecule has 1 fully saturated rings. The van der Waals surface area contributed by atoms with E-state index in [1.165, 1.54) is 13.2 Å². The number of nitrogens with two attached hydrogens (primary N) is 1. The number of hydrogen-bond acceptors (Lipinski definition) is 3. The minimum absolute atomic E-state index is 0.0645. The minimum Gasteiger partial charge on any atom is -0.494 e. The van der Waals surface area contributed by atoms with Crippen LogP contribution >= 0.6 is 0 Å². The fourth-order valence-corrected chi connectivity index (χ4v) is 2.18. The molecule has 0 bridgehead atoms. The van der Waals surface area contributed by atoms with E-state index in [4.69, 9.17) is 15.2 Å². The van der Waals surface area contributed by atoms with Crippen molar-refractivity contribution in [3.63, 3.8) is 0 Å². The van der Waals surface area contributed by atoms with Gasteiger partial charge in [-0.25, -0.2) is 4.39 Å². The molecule has 94 valence electrons. The quantitative estimate of drug-likeness (QED) is 0.872. The third-order valence-corrected chi connectivity index (χ3v) is 3.13. The molecule has 2 unspecified atom stereocenters. The monoisotopic (exact) mass is 239 g/mol. The first-order valence-electron chi connectivity index (χ1n) is 5.90. The van der Waals surface area contributed by atoms with Crippen LogP contribution in [0.5, 0.6) is 5.75 Å². The van der Waals surface area contributed by atoms with Crippen LogP contribution in [0.15, 0.2) is 18.2 Å². The summed E-state index contributed by atoms with van der Waals surface area (Å²) in [5.41, 5.74) is 6.93. The third kappa shape index (κ3) is 2.96. The second-order valence-electron chi connectivity index (χ2n) is 4.39. The lowest BCUT2D eigenvalue weighted by Gasteiger charge is -2.18. The summed E-state index contributed by atoms with van der Waals surface area (Å²) >= 11 is 0. The van der Waals surface area contributed by atoms with E-state index in [1.54, 1.807) is 6.07 Å². The van der Waals surface area contributed by atoms with Crippen molar-refractivity contribution in [1.29, 1.82) is 0 Å². The van der Waals surface area contributed by atoms with E-state index in [-0.39, 0.29) is 23.7 Å². The van der Waals surface area contributed by atoms with Gasteiger partial charge in [0, 0.05) is 12.6 Å². The largest absolute Gasteiger partial charge is 0.494 e. The van der Waals surface area contributed by atoms with E-state index < -0.39 is 0 Å². The molecule has 0 saturated carbocycles. The molecule has 0 aromatic heterocycles. The summed E-state index contributed by atoms with van der Waals surface area (Å²) < 4.78 is 23.9. The van der Waals surface area contributed by atoms with Crippen molar-refractivity contribution in [3.8, 4) is 5.75 Å². The highest BCUT2D eigenvalue weighted by atomic mass is 19.1. The molecule has 0 radical (unpaired) electrons. The maximum absolute atomic E-state index is 13.5. The zero-order valence-corrected chi connectivity index (χ0v) is 9.99. The van der Waals surface area contributed by atoms with E-state index in [0.29, 0.717) is 6.42 Å². The van der Waals surface area contributed by atoms with Crippen LogP contribution in [-0.4, -0.2) is 25.9 Å². The maximum Gasteiger partial charge on any atom is 0.165 e. The fraction of sp³-hybridized carbons (Fsp3) is 0.538. The van der Waals surface area contributed by atoms with Gasteiger partial charge in [-0.2, -0.15) is 0 Å². The van der Waals surface area contributed by atoms with Gasteiger partial charge in [0.25, 0.3) is 0 Å². The first-order valence-corrected chi connectivity index (χ1v) is 5.90. The van der Waals surface area contributed by atoms with Gasteiger partial charge in [0.05, 0.1) is 13.2 Å². The van der Waals surface area contributed by atoms with Crippen LogP contribution in [0.3, 0.4) is 0 Å². The fourth-order valence-electron chi connectivity index (χ4n) is 2.18. The summed E-state index contributed by atoms with van der Waals surface area (Å²) in [5, 5.41) is 0. The lowest BCUT2D eigenvalue weighted by atomic mass is 10.00. The number of methoxy groups -OCH3 is 1. The molecular formula is C13H18FNO2. The molecule has 1 aliphatic rings. The van der Waals surface area contributed by atoms with Crippen molar-refractivity contribution < 1.29 is 13.9 Å². The molecule has 1 aliphatic heterocycles. The van der Waals surface area contributed by atoms with E-state index in [0.717, 1.165) is 25.0 Å². The van der Waals surface area contributed by atoms with Crippen LogP contribution in [0.25, 0.3) is 0 Å². The van der Waals surface area contributed by atoms with Crippen LogP contribution in [0.1, 0.15) is 18.4 Å². The second-order valence-corrected chi connectivity index (χ2v) is 4.39. The lowest BCUT2D eigenvalue weighted by Crippen LogP contribution is -2.36. The number of benzene rings is 1. The van der Waals surface area contributed by atoms with Crippen LogP contribution in [0.4, 0.5) is 4.39 Å². The molecular weight excluding hydrogens is 221 g/mol. The molecule has 3 nitrogen and oxygen atoms in total. The molecule has 17 heavy (non-hydrogen) atoms. The highest BCUT2D eigenvalue weighted by molar-refractivity contribution is 5.29. The number of halogens is 1.